The molecule has 0 atom stereocenters. The van der Waals surface area contributed by atoms with Gasteiger partial charge in [0.2, 0.25) is 0 Å². The van der Waals surface area contributed by atoms with Gasteiger partial charge in [0, 0.05) is 16.3 Å². The third-order valence-electron chi connectivity index (χ3n) is 4.27. The Morgan fingerprint density at radius 2 is 1.25 bits per heavy atom. The van der Waals surface area contributed by atoms with Gasteiger partial charge in [-0.05, 0) is 58.4 Å². The second kappa shape index (κ2) is 16.8. The first-order valence-electron chi connectivity index (χ1n) is 10.0. The van der Waals surface area contributed by atoms with Crippen LogP contribution in [0.5, 0.6) is 0 Å². The summed E-state index contributed by atoms with van der Waals surface area (Å²) >= 11 is -0.346. The minimum absolute atomic E-state index is 0.346. The third-order valence-corrected chi connectivity index (χ3v) is 6.25. The Kier molecular flexibility index (Phi) is 14.4. The van der Waals surface area contributed by atoms with E-state index >= 15 is 0 Å². The number of rotatable bonds is 6. The molecular formula is C25H27Cl2N2OPRu. The Morgan fingerprint density at radius 3 is 1.62 bits per heavy atom. The SMILES string of the molecule is Cc1cc(C)n(CCOP(c2ccccc2)c2ccccc2)n1.[CH]1[CH][CH][CH][CH][CH]1.[Cl][Ru][Cl]. The van der Waals surface area contributed by atoms with Crippen LogP contribution in [0.3, 0.4) is 0 Å². The van der Waals surface area contributed by atoms with Gasteiger partial charge in [-0.1, -0.05) is 60.7 Å². The maximum absolute atomic E-state index is 6.29. The topological polar surface area (TPSA) is 27.1 Å². The standard InChI is InChI=1S/C19H21N2OP.C6H6.2ClH.Ru/c1-16-15-17(2)21(20-16)13-14-22-23(18-9-5-3-6-10-18)19-11-7-4-8-12-19;1-2-4-6-5-3-1;;;/h3-12,15H,13-14H2,1-2H3;1-6H;2*1H;/q;;;;+2/p-2. The Morgan fingerprint density at radius 1 is 0.812 bits per heavy atom. The van der Waals surface area contributed by atoms with E-state index in [0.717, 1.165) is 12.2 Å². The van der Waals surface area contributed by atoms with Crippen LogP contribution in [0.25, 0.3) is 0 Å². The van der Waals surface area contributed by atoms with Crippen LogP contribution in [0.15, 0.2) is 66.7 Å². The van der Waals surface area contributed by atoms with Crippen LogP contribution in [0.2, 0.25) is 0 Å². The van der Waals surface area contributed by atoms with E-state index in [-0.39, 0.29) is 15.1 Å². The number of hydrogen-bond donors (Lipinski definition) is 0. The minimum atomic E-state index is -0.791. The molecule has 1 saturated carbocycles. The van der Waals surface area contributed by atoms with E-state index < -0.39 is 8.15 Å². The zero-order chi connectivity index (χ0) is 23.0. The van der Waals surface area contributed by atoms with Crippen molar-refractivity contribution in [2.24, 2.45) is 0 Å². The summed E-state index contributed by atoms with van der Waals surface area (Å²) in [6, 6.07) is 23.0. The van der Waals surface area contributed by atoms with Gasteiger partial charge in [-0.3, -0.25) is 4.68 Å². The summed E-state index contributed by atoms with van der Waals surface area (Å²) in [5.74, 6) is 0. The molecule has 7 heteroatoms. The second-order valence-corrected chi connectivity index (χ2v) is 11.2. The van der Waals surface area contributed by atoms with Crippen molar-refractivity contribution in [1.82, 2.24) is 9.78 Å². The summed E-state index contributed by atoms with van der Waals surface area (Å²) in [5.41, 5.74) is 2.23. The normalized spacial score (nSPS) is 13.2. The average Bonchev–Trinajstić information content (AvgIpc) is 3.16. The number of benzene rings is 2. The molecule has 1 fully saturated rings. The van der Waals surface area contributed by atoms with E-state index in [9.17, 15) is 0 Å². The monoisotopic (exact) mass is 574 g/mol. The third kappa shape index (κ3) is 10.5. The fourth-order valence-corrected chi connectivity index (χ4v) is 4.68. The summed E-state index contributed by atoms with van der Waals surface area (Å²) in [6.07, 6.45) is 12.0. The predicted molar refractivity (Wildman–Crippen MR) is 134 cm³/mol. The molecule has 0 spiro atoms. The zero-order valence-corrected chi connectivity index (χ0v) is 22.2. The van der Waals surface area contributed by atoms with Crippen molar-refractivity contribution in [2.75, 3.05) is 6.61 Å². The second-order valence-electron chi connectivity index (χ2n) is 6.65. The van der Waals surface area contributed by atoms with Crippen molar-refractivity contribution in [3.63, 3.8) is 0 Å². The van der Waals surface area contributed by atoms with E-state index in [1.807, 2.05) is 62.3 Å². The predicted octanol–water partition coefficient (Wildman–Crippen LogP) is 6.17. The molecule has 3 nitrogen and oxygen atoms in total. The fourth-order valence-electron chi connectivity index (χ4n) is 2.93. The summed E-state index contributed by atoms with van der Waals surface area (Å²) in [4.78, 5) is 0. The maximum atomic E-state index is 6.29. The van der Waals surface area contributed by atoms with Gasteiger partial charge in [-0.2, -0.15) is 5.10 Å². The van der Waals surface area contributed by atoms with E-state index in [1.165, 1.54) is 16.3 Å². The molecule has 6 radical (unpaired) electrons. The van der Waals surface area contributed by atoms with Crippen LogP contribution < -0.4 is 10.6 Å². The van der Waals surface area contributed by atoms with Crippen LogP contribution in [0.4, 0.5) is 0 Å². The van der Waals surface area contributed by atoms with Gasteiger partial charge in [0.15, 0.2) is 0 Å². The Hall–Kier alpha value is -0.757. The first-order valence-corrected chi connectivity index (χ1v) is 15.8. The van der Waals surface area contributed by atoms with Gasteiger partial charge in [0.25, 0.3) is 0 Å². The number of halogens is 2. The van der Waals surface area contributed by atoms with Crippen LogP contribution in [0, 0.1) is 52.4 Å². The van der Waals surface area contributed by atoms with Crippen molar-refractivity contribution >= 4 is 38.1 Å². The van der Waals surface area contributed by atoms with Crippen LogP contribution in [0.1, 0.15) is 11.4 Å². The van der Waals surface area contributed by atoms with Gasteiger partial charge < -0.3 is 4.52 Å². The molecule has 170 valence electrons. The molecule has 0 bridgehead atoms. The van der Waals surface area contributed by atoms with Crippen LogP contribution in [-0.2, 0) is 26.2 Å². The molecule has 0 N–H and O–H groups in total. The van der Waals surface area contributed by atoms with Crippen molar-refractivity contribution in [3.05, 3.63) is 117 Å². The van der Waals surface area contributed by atoms with E-state index in [0.29, 0.717) is 6.61 Å². The molecule has 32 heavy (non-hydrogen) atoms. The van der Waals surface area contributed by atoms with Crippen molar-refractivity contribution < 1.29 is 19.7 Å². The molecule has 0 saturated heterocycles. The molecule has 0 amide bonds. The molecule has 0 aliphatic heterocycles. The van der Waals surface area contributed by atoms with Crippen molar-refractivity contribution in [1.29, 1.82) is 0 Å². The molecule has 1 aromatic heterocycles. The first kappa shape index (κ1) is 27.5. The number of hydrogen-bond acceptors (Lipinski definition) is 2. The molecule has 2 aromatic carbocycles. The van der Waals surface area contributed by atoms with Gasteiger partial charge in [-0.15, -0.1) is 0 Å². The average molecular weight is 574 g/mol. The molecule has 3 aromatic rings. The molecular weight excluding hydrogens is 547 g/mol. The Bertz CT molecular complexity index is 810. The Labute approximate surface area is 210 Å². The summed E-state index contributed by atoms with van der Waals surface area (Å²) in [5, 5.41) is 6.97. The van der Waals surface area contributed by atoms with E-state index in [1.54, 1.807) is 0 Å². The number of aromatic nitrogens is 2. The summed E-state index contributed by atoms with van der Waals surface area (Å²) in [6.45, 7) is 5.53. The van der Waals surface area contributed by atoms with Gasteiger partial charge in [-0.25, -0.2) is 0 Å². The quantitative estimate of drug-likeness (QED) is 0.260. The van der Waals surface area contributed by atoms with Gasteiger partial charge in [0.1, 0.15) is 0 Å². The van der Waals surface area contributed by atoms with Crippen molar-refractivity contribution in [3.8, 4) is 0 Å². The number of aryl methyl sites for hydroxylation is 2. The molecule has 1 aliphatic rings. The van der Waals surface area contributed by atoms with E-state index in [2.05, 4.69) is 66.6 Å². The molecule has 1 aliphatic carbocycles. The Balaban J connectivity index is 0.000000339. The molecule has 1 heterocycles. The molecule has 4 rings (SSSR count). The fraction of sp³-hybridized carbons (Fsp3) is 0.160. The summed E-state index contributed by atoms with van der Waals surface area (Å²) in [7, 11) is 8.92. The molecule has 0 unspecified atom stereocenters. The van der Waals surface area contributed by atoms with Crippen molar-refractivity contribution in [2.45, 2.75) is 20.4 Å². The number of nitrogens with zero attached hydrogens (tertiary/aromatic N) is 2. The first-order chi connectivity index (χ1) is 15.7. The zero-order valence-electron chi connectivity index (χ0n) is 18.1. The van der Waals surface area contributed by atoms with Crippen LogP contribution in [-0.4, -0.2) is 16.4 Å². The summed E-state index contributed by atoms with van der Waals surface area (Å²) < 4.78 is 8.30. The van der Waals surface area contributed by atoms with Gasteiger partial charge >= 0.3 is 34.5 Å². The van der Waals surface area contributed by atoms with Crippen LogP contribution >= 0.6 is 27.5 Å². The van der Waals surface area contributed by atoms with E-state index in [4.69, 9.17) is 23.9 Å². The van der Waals surface area contributed by atoms with Gasteiger partial charge in [0.05, 0.1) is 27.0 Å².